The molecule has 1 aliphatic heterocycles. The second-order valence-corrected chi connectivity index (χ2v) is 9.00. The van der Waals surface area contributed by atoms with Crippen molar-refractivity contribution >= 4 is 17.5 Å². The van der Waals surface area contributed by atoms with Crippen LogP contribution in [0.25, 0.3) is 11.5 Å². The van der Waals surface area contributed by atoms with Crippen LogP contribution in [-0.4, -0.2) is 60.2 Å². The van der Waals surface area contributed by atoms with E-state index in [9.17, 15) is 34.8 Å². The fourth-order valence-electron chi connectivity index (χ4n) is 5.88. The van der Waals surface area contributed by atoms with Gasteiger partial charge in [0, 0.05) is 17.9 Å². The first-order valence-corrected chi connectivity index (χ1v) is 10.5. The number of aliphatic hydroxyl groups is 3. The number of fused-ring (bicyclic) bond motifs is 3. The molecule has 1 spiro atoms. The molecule has 1 fully saturated rings. The Morgan fingerprint density at radius 1 is 1.24 bits per heavy atom. The van der Waals surface area contributed by atoms with Crippen LogP contribution >= 0.6 is 0 Å². The average molecular weight is 466 g/mol. The number of rotatable bonds is 2. The molecule has 0 unspecified atom stereocenters. The number of aromatic nitrogens is 1. The molecule has 1 aromatic heterocycles. The van der Waals surface area contributed by atoms with Crippen LogP contribution in [0.4, 0.5) is 0 Å². The number of aliphatic hydroxyl groups excluding tert-OH is 2. The lowest BCUT2D eigenvalue weighted by Crippen LogP contribution is -2.63. The van der Waals surface area contributed by atoms with E-state index in [1.165, 1.54) is 12.5 Å². The quantitative estimate of drug-likeness (QED) is 0.313. The van der Waals surface area contributed by atoms with Gasteiger partial charge in [-0.1, -0.05) is 13.0 Å². The largest absolute Gasteiger partial charge is 0.511 e. The molecule has 34 heavy (non-hydrogen) atoms. The summed E-state index contributed by atoms with van der Waals surface area (Å²) < 4.78 is 11.0. The molecule has 0 bridgehead atoms. The van der Waals surface area contributed by atoms with Crippen LogP contribution in [-0.2, 0) is 14.3 Å². The van der Waals surface area contributed by atoms with Crippen molar-refractivity contribution in [3.05, 3.63) is 58.4 Å². The summed E-state index contributed by atoms with van der Waals surface area (Å²) in [5, 5.41) is 43.9. The summed E-state index contributed by atoms with van der Waals surface area (Å²) in [6.45, 7) is 1.75. The van der Waals surface area contributed by atoms with Crippen LogP contribution < -0.4 is 5.73 Å². The van der Waals surface area contributed by atoms with E-state index in [4.69, 9.17) is 14.9 Å². The van der Waals surface area contributed by atoms with Gasteiger partial charge < -0.3 is 35.3 Å². The molecule has 4 aliphatic rings. The number of phenolic OH excluding ortho intramolecular Hbond substituents is 1. The number of carbonyl (C=O) groups is 3. The number of primary amides is 1. The average Bonchev–Trinajstić information content (AvgIpc) is 3.23. The third-order valence-corrected chi connectivity index (χ3v) is 7.50. The maximum absolute atomic E-state index is 13.7. The Hall–Kier alpha value is -3.96. The fourth-order valence-corrected chi connectivity index (χ4v) is 5.88. The molecule has 1 saturated heterocycles. The molecule has 11 heteroatoms. The molecular weight excluding hydrogens is 448 g/mol. The van der Waals surface area contributed by atoms with Gasteiger partial charge in [0.15, 0.2) is 5.78 Å². The van der Waals surface area contributed by atoms with Crippen molar-refractivity contribution in [3.63, 3.8) is 0 Å². The van der Waals surface area contributed by atoms with Crippen LogP contribution in [0, 0.1) is 5.92 Å². The first-order valence-electron chi connectivity index (χ1n) is 10.5. The fraction of sp³-hybridized carbons (Fsp3) is 0.304. The molecule has 0 radical (unpaired) electrons. The molecular formula is C23H18N2O9. The van der Waals surface area contributed by atoms with Crippen LogP contribution in [0.5, 0.6) is 5.75 Å². The normalized spacial score (nSPS) is 33.8. The lowest BCUT2D eigenvalue weighted by Gasteiger charge is -2.44. The predicted octanol–water partition coefficient (Wildman–Crippen LogP) is 0.928. The first-order chi connectivity index (χ1) is 16.1. The maximum atomic E-state index is 13.7. The Balaban J connectivity index is 1.58. The Morgan fingerprint density at radius 2 is 1.97 bits per heavy atom. The number of epoxide rings is 1. The van der Waals surface area contributed by atoms with Gasteiger partial charge in [-0.05, 0) is 17.5 Å². The molecule has 6 rings (SSSR count). The second kappa shape index (κ2) is 6.13. The minimum atomic E-state index is -2.80. The molecule has 1 aromatic carbocycles. The predicted molar refractivity (Wildman–Crippen MR) is 111 cm³/mol. The highest BCUT2D eigenvalue weighted by atomic mass is 16.6. The van der Waals surface area contributed by atoms with Gasteiger partial charge in [0.2, 0.25) is 17.3 Å². The van der Waals surface area contributed by atoms with Crippen LogP contribution in [0.3, 0.4) is 0 Å². The Labute approximate surface area is 190 Å². The van der Waals surface area contributed by atoms with Crippen molar-refractivity contribution in [1.29, 1.82) is 0 Å². The second-order valence-electron chi connectivity index (χ2n) is 9.00. The molecule has 3 aliphatic carbocycles. The number of benzene rings is 1. The zero-order valence-corrected chi connectivity index (χ0v) is 17.6. The number of carbonyl (C=O) groups excluding carboxylic acids is 3. The van der Waals surface area contributed by atoms with Gasteiger partial charge in [-0.3, -0.25) is 14.4 Å². The van der Waals surface area contributed by atoms with Gasteiger partial charge in [-0.25, -0.2) is 4.98 Å². The maximum Gasteiger partial charge on any atom is 0.255 e. The molecule has 2 heterocycles. The monoisotopic (exact) mass is 466 g/mol. The third-order valence-electron chi connectivity index (χ3n) is 7.50. The summed E-state index contributed by atoms with van der Waals surface area (Å²) in [4.78, 5) is 42.6. The van der Waals surface area contributed by atoms with Gasteiger partial charge in [0.25, 0.3) is 5.91 Å². The van der Waals surface area contributed by atoms with Gasteiger partial charge in [0.1, 0.15) is 34.7 Å². The summed E-state index contributed by atoms with van der Waals surface area (Å²) in [5.74, 6) is -6.72. The van der Waals surface area contributed by atoms with Gasteiger partial charge >= 0.3 is 0 Å². The van der Waals surface area contributed by atoms with Crippen molar-refractivity contribution in [2.45, 2.75) is 36.6 Å². The number of oxazole rings is 1. The summed E-state index contributed by atoms with van der Waals surface area (Å²) >= 11 is 0. The Morgan fingerprint density at radius 3 is 2.62 bits per heavy atom. The highest BCUT2D eigenvalue weighted by Gasteiger charge is 2.82. The van der Waals surface area contributed by atoms with Gasteiger partial charge in [0.05, 0.1) is 23.4 Å². The SMILES string of the molecule is C[C@H]1c2ccc(-c3ncco3)c(O)c2C(=O)C2=C(O)[C@]3(O)C(=O)C(C(N)=O)=C(O)C[C@@]34O[C@H]4[C@@H]21. The molecule has 5 atom stereocenters. The van der Waals surface area contributed by atoms with E-state index in [0.29, 0.717) is 5.56 Å². The molecule has 0 saturated carbocycles. The van der Waals surface area contributed by atoms with E-state index in [-0.39, 0.29) is 22.6 Å². The van der Waals surface area contributed by atoms with E-state index in [1.807, 2.05) is 0 Å². The highest BCUT2D eigenvalue weighted by molar-refractivity contribution is 6.25. The number of ketones is 2. The summed E-state index contributed by atoms with van der Waals surface area (Å²) in [6.07, 6.45) is 1.30. The number of amides is 1. The van der Waals surface area contributed by atoms with E-state index < -0.39 is 75.9 Å². The van der Waals surface area contributed by atoms with Gasteiger partial charge in [-0.2, -0.15) is 0 Å². The zero-order chi connectivity index (χ0) is 24.3. The summed E-state index contributed by atoms with van der Waals surface area (Å²) in [7, 11) is 0. The van der Waals surface area contributed by atoms with Crippen LogP contribution in [0.15, 0.2) is 51.7 Å². The van der Waals surface area contributed by atoms with Crippen molar-refractivity contribution in [2.75, 3.05) is 0 Å². The lowest BCUT2D eigenvalue weighted by molar-refractivity contribution is -0.144. The minimum absolute atomic E-state index is 0.0714. The van der Waals surface area contributed by atoms with Crippen molar-refractivity contribution in [3.8, 4) is 17.2 Å². The lowest BCUT2D eigenvalue weighted by atomic mass is 9.58. The first kappa shape index (κ1) is 20.6. The third kappa shape index (κ3) is 2.09. The van der Waals surface area contributed by atoms with Crippen molar-refractivity contribution in [1.82, 2.24) is 4.98 Å². The number of aromatic hydroxyl groups is 1. The summed E-state index contributed by atoms with van der Waals surface area (Å²) in [6, 6.07) is 3.19. The Kier molecular flexibility index (Phi) is 3.72. The van der Waals surface area contributed by atoms with E-state index in [0.717, 1.165) is 0 Å². The van der Waals surface area contributed by atoms with E-state index >= 15 is 0 Å². The Bertz CT molecular complexity index is 1410. The molecule has 11 nitrogen and oxygen atoms in total. The van der Waals surface area contributed by atoms with Crippen molar-refractivity contribution < 1.29 is 44.0 Å². The number of hydrogen-bond donors (Lipinski definition) is 5. The molecule has 174 valence electrons. The highest BCUT2D eigenvalue weighted by Crippen LogP contribution is 2.66. The minimum Gasteiger partial charge on any atom is -0.511 e. The van der Waals surface area contributed by atoms with Crippen LogP contribution in [0.2, 0.25) is 0 Å². The van der Waals surface area contributed by atoms with Gasteiger partial charge in [-0.15, -0.1) is 0 Å². The number of nitrogens with zero attached hydrogens (tertiary/aromatic N) is 1. The standard InChI is InChI=1S/C23H18N2O9/c1-7-8-2-3-9(21-25-4-5-33-21)15(27)12(8)16(28)14-11(7)19-22(34-19)6-10(26)13(20(24)31)17(29)23(22,32)18(14)30/h2-5,7,11,19,26-27,30,32H,6H2,1H3,(H2,24,31)/t7-,11+,19-,22-,23+/m0/s1. The summed E-state index contributed by atoms with van der Waals surface area (Å²) in [5.41, 5.74) is -0.0249. The molecule has 1 amide bonds. The van der Waals surface area contributed by atoms with Crippen molar-refractivity contribution in [2.24, 2.45) is 11.7 Å². The number of Topliss-reactive ketones (excluding diaryl/α,β-unsaturated/α-hetero) is 2. The topological polar surface area (TPSA) is 197 Å². The number of phenols is 1. The van der Waals surface area contributed by atoms with E-state index in [2.05, 4.69) is 4.98 Å². The smallest absolute Gasteiger partial charge is 0.255 e. The molecule has 6 N–H and O–H groups in total. The molecule has 2 aromatic rings. The zero-order valence-electron chi connectivity index (χ0n) is 17.6. The number of ether oxygens (including phenoxy) is 1. The van der Waals surface area contributed by atoms with E-state index in [1.54, 1.807) is 19.1 Å². The number of nitrogens with two attached hydrogens (primary N) is 1. The van der Waals surface area contributed by atoms with Crippen LogP contribution in [0.1, 0.15) is 35.2 Å². The number of hydrogen-bond acceptors (Lipinski definition) is 10.